The minimum absolute atomic E-state index is 0.0237. The summed E-state index contributed by atoms with van der Waals surface area (Å²) >= 11 is 6.26. The molecule has 144 valence electrons. The molecule has 1 saturated carbocycles. The number of nitrogens with one attached hydrogen (secondary N) is 1. The number of aromatic nitrogens is 1. The first-order valence-corrected chi connectivity index (χ1v) is 10.3. The molecule has 1 N–H and O–H groups in total. The Kier molecular flexibility index (Phi) is 4.16. The van der Waals surface area contributed by atoms with Gasteiger partial charge in [0, 0.05) is 23.7 Å². The first kappa shape index (κ1) is 17.7. The van der Waals surface area contributed by atoms with Crippen molar-refractivity contribution in [2.24, 2.45) is 5.92 Å². The Morgan fingerprint density at radius 3 is 2.79 bits per heavy atom. The Bertz CT molecular complexity index is 986. The predicted molar refractivity (Wildman–Crippen MR) is 107 cm³/mol. The Morgan fingerprint density at radius 2 is 2.04 bits per heavy atom. The number of halogens is 1. The molecule has 5 nitrogen and oxygen atoms in total. The van der Waals surface area contributed by atoms with Crippen molar-refractivity contribution in [1.82, 2.24) is 10.3 Å². The Labute approximate surface area is 169 Å². The smallest absolute Gasteiger partial charge is 0.259 e. The summed E-state index contributed by atoms with van der Waals surface area (Å²) in [4.78, 5) is 31.4. The fourth-order valence-electron chi connectivity index (χ4n) is 4.81. The number of hydrogen-bond donors (Lipinski definition) is 1. The van der Waals surface area contributed by atoms with Gasteiger partial charge in [0.15, 0.2) is 0 Å². The van der Waals surface area contributed by atoms with Crippen LogP contribution >= 0.6 is 11.6 Å². The molecule has 0 radical (unpaired) electrons. The van der Waals surface area contributed by atoms with Crippen LogP contribution in [0.15, 0.2) is 30.6 Å². The number of nitrogens with zero attached hydrogens (tertiary/aromatic N) is 2. The summed E-state index contributed by atoms with van der Waals surface area (Å²) in [6.45, 7) is 1.54. The summed E-state index contributed by atoms with van der Waals surface area (Å²) in [5.41, 5.74) is 4.84. The van der Waals surface area contributed by atoms with Gasteiger partial charge >= 0.3 is 0 Å². The Morgan fingerprint density at radius 1 is 1.21 bits per heavy atom. The number of anilines is 1. The molecule has 2 aromatic rings. The molecule has 1 fully saturated rings. The van der Waals surface area contributed by atoms with Crippen molar-refractivity contribution in [1.29, 1.82) is 0 Å². The maximum absolute atomic E-state index is 13.4. The highest BCUT2D eigenvalue weighted by atomic mass is 35.5. The molecule has 0 bridgehead atoms. The van der Waals surface area contributed by atoms with Crippen LogP contribution in [-0.2, 0) is 11.2 Å². The molecule has 1 aliphatic heterocycles. The van der Waals surface area contributed by atoms with Crippen LogP contribution in [0, 0.1) is 5.92 Å². The van der Waals surface area contributed by atoms with Crippen molar-refractivity contribution in [3.8, 4) is 0 Å². The molecule has 0 spiro atoms. The van der Waals surface area contributed by atoms with Crippen molar-refractivity contribution < 1.29 is 9.59 Å². The molecule has 2 heterocycles. The van der Waals surface area contributed by atoms with E-state index < -0.39 is 0 Å². The summed E-state index contributed by atoms with van der Waals surface area (Å²) < 4.78 is 0. The molecule has 2 amide bonds. The van der Waals surface area contributed by atoms with E-state index in [1.54, 1.807) is 13.0 Å². The molecule has 0 unspecified atom stereocenters. The SMILES string of the molecule is CC(=O)N[C@H]1CCCc2c1cncc2N1C(=O)c2ccc(Cl)cc2[C@H]1C1CC1. The zero-order valence-electron chi connectivity index (χ0n) is 15.7. The second-order valence-corrected chi connectivity index (χ2v) is 8.50. The monoisotopic (exact) mass is 395 g/mol. The second-order valence-electron chi connectivity index (χ2n) is 8.06. The molecule has 3 aliphatic rings. The number of hydrogen-bond acceptors (Lipinski definition) is 3. The van der Waals surface area contributed by atoms with Crippen LogP contribution in [0.2, 0.25) is 5.02 Å². The summed E-state index contributed by atoms with van der Waals surface area (Å²) in [5.74, 6) is 0.452. The van der Waals surface area contributed by atoms with Crippen LogP contribution < -0.4 is 10.2 Å². The van der Waals surface area contributed by atoms with Gasteiger partial charge in [-0.15, -0.1) is 0 Å². The van der Waals surface area contributed by atoms with Crippen LogP contribution in [0.3, 0.4) is 0 Å². The van der Waals surface area contributed by atoms with E-state index in [0.717, 1.165) is 60.0 Å². The number of benzene rings is 1. The highest BCUT2D eigenvalue weighted by Crippen LogP contribution is 2.52. The zero-order valence-corrected chi connectivity index (χ0v) is 16.5. The van der Waals surface area contributed by atoms with E-state index in [0.29, 0.717) is 10.9 Å². The van der Waals surface area contributed by atoms with Gasteiger partial charge in [-0.05, 0) is 72.9 Å². The predicted octanol–water partition coefficient (Wildman–Crippen LogP) is 4.36. The quantitative estimate of drug-likeness (QED) is 0.839. The van der Waals surface area contributed by atoms with Gasteiger partial charge in [0.1, 0.15) is 0 Å². The summed E-state index contributed by atoms with van der Waals surface area (Å²) in [6, 6.07) is 5.56. The first-order chi connectivity index (χ1) is 13.5. The fourth-order valence-corrected chi connectivity index (χ4v) is 4.99. The fraction of sp³-hybridized carbons (Fsp3) is 0.409. The maximum atomic E-state index is 13.4. The van der Waals surface area contributed by atoms with Gasteiger partial charge in [-0.1, -0.05) is 11.6 Å². The highest BCUT2D eigenvalue weighted by Gasteiger charge is 2.47. The number of fused-ring (bicyclic) bond motifs is 2. The van der Waals surface area contributed by atoms with E-state index in [9.17, 15) is 9.59 Å². The van der Waals surface area contributed by atoms with E-state index >= 15 is 0 Å². The third kappa shape index (κ3) is 2.80. The lowest BCUT2D eigenvalue weighted by atomic mass is 9.87. The average Bonchev–Trinajstić information content (AvgIpc) is 3.46. The third-order valence-electron chi connectivity index (χ3n) is 6.13. The van der Waals surface area contributed by atoms with Crippen molar-refractivity contribution in [2.75, 3.05) is 4.90 Å². The summed E-state index contributed by atoms with van der Waals surface area (Å²) in [7, 11) is 0. The van der Waals surface area contributed by atoms with Crippen LogP contribution in [0.25, 0.3) is 0 Å². The summed E-state index contributed by atoms with van der Waals surface area (Å²) in [5, 5.41) is 3.70. The minimum atomic E-state index is -0.0431. The molecule has 0 saturated heterocycles. The number of rotatable bonds is 3. The first-order valence-electron chi connectivity index (χ1n) is 9.91. The van der Waals surface area contributed by atoms with Crippen molar-refractivity contribution in [3.63, 3.8) is 0 Å². The van der Waals surface area contributed by atoms with Crippen molar-refractivity contribution in [2.45, 2.75) is 51.1 Å². The lowest BCUT2D eigenvalue weighted by molar-refractivity contribution is -0.119. The number of carbonyl (C=O) groups is 2. The third-order valence-corrected chi connectivity index (χ3v) is 6.36. The standard InChI is InChI=1S/C22H22ClN3O2/c1-12(27)25-19-4-2-3-15-18(19)10-24-11-20(15)26-21(13-5-6-13)17-9-14(23)7-8-16(17)22(26)28/h7-11,13,19,21H,2-6H2,1H3,(H,25,27)/t19-,21+/m0/s1. The molecule has 1 aromatic carbocycles. The maximum Gasteiger partial charge on any atom is 0.259 e. The molecule has 6 heteroatoms. The van der Waals surface area contributed by atoms with Crippen LogP contribution in [-0.4, -0.2) is 16.8 Å². The van der Waals surface area contributed by atoms with Crippen LogP contribution in [0.5, 0.6) is 0 Å². The molecular weight excluding hydrogens is 374 g/mol. The highest BCUT2D eigenvalue weighted by molar-refractivity contribution is 6.31. The van der Waals surface area contributed by atoms with E-state index in [1.165, 1.54) is 0 Å². The van der Waals surface area contributed by atoms with E-state index in [-0.39, 0.29) is 23.9 Å². The minimum Gasteiger partial charge on any atom is -0.349 e. The van der Waals surface area contributed by atoms with Gasteiger partial charge in [-0.2, -0.15) is 0 Å². The average molecular weight is 396 g/mol. The van der Waals surface area contributed by atoms with Gasteiger partial charge in [0.25, 0.3) is 5.91 Å². The van der Waals surface area contributed by atoms with Gasteiger partial charge in [-0.3, -0.25) is 19.5 Å². The number of pyridine rings is 1. The summed E-state index contributed by atoms with van der Waals surface area (Å²) in [6.07, 6.45) is 8.67. The Hall–Kier alpha value is -2.40. The molecule has 28 heavy (non-hydrogen) atoms. The normalized spacial score (nSPS) is 23.4. The number of amides is 2. The van der Waals surface area contributed by atoms with Gasteiger partial charge < -0.3 is 5.32 Å². The van der Waals surface area contributed by atoms with Gasteiger partial charge in [0.05, 0.1) is 24.0 Å². The lowest BCUT2D eigenvalue weighted by Gasteiger charge is -2.32. The van der Waals surface area contributed by atoms with E-state index in [1.807, 2.05) is 29.4 Å². The van der Waals surface area contributed by atoms with Crippen molar-refractivity contribution >= 4 is 29.1 Å². The Balaban J connectivity index is 1.62. The number of carbonyl (C=O) groups excluding carboxylic acids is 2. The van der Waals surface area contributed by atoms with Gasteiger partial charge in [0.2, 0.25) is 5.91 Å². The lowest BCUT2D eigenvalue weighted by Crippen LogP contribution is -2.33. The second kappa shape index (κ2) is 6.59. The van der Waals surface area contributed by atoms with Crippen LogP contribution in [0.1, 0.15) is 71.7 Å². The molecule has 1 aromatic heterocycles. The molecule has 5 rings (SSSR count). The molecule has 2 atom stereocenters. The van der Waals surface area contributed by atoms with Gasteiger partial charge in [-0.25, -0.2) is 0 Å². The molecule has 2 aliphatic carbocycles. The van der Waals surface area contributed by atoms with Crippen LogP contribution in [0.4, 0.5) is 5.69 Å². The topological polar surface area (TPSA) is 62.3 Å². The van der Waals surface area contributed by atoms with E-state index in [2.05, 4.69) is 10.3 Å². The molecular formula is C22H22ClN3O2. The zero-order chi connectivity index (χ0) is 19.4. The van der Waals surface area contributed by atoms with E-state index in [4.69, 9.17) is 11.6 Å². The van der Waals surface area contributed by atoms with Crippen molar-refractivity contribution in [3.05, 3.63) is 57.9 Å². The largest absolute Gasteiger partial charge is 0.349 e.